The number of nitrogens with one attached hydrogen (secondary N) is 3. The molecular formula is C19H32N4O10. The Bertz CT molecular complexity index is 740. The number of aliphatic carboxylic acids is 3. The van der Waals surface area contributed by atoms with Gasteiger partial charge in [-0.3, -0.25) is 24.0 Å². The lowest BCUT2D eigenvalue weighted by atomic mass is 10.0. The Morgan fingerprint density at radius 3 is 1.76 bits per heavy atom. The third-order valence-corrected chi connectivity index (χ3v) is 4.40. The fourth-order valence-corrected chi connectivity index (χ4v) is 2.69. The van der Waals surface area contributed by atoms with E-state index in [0.29, 0.717) is 0 Å². The van der Waals surface area contributed by atoms with Gasteiger partial charge >= 0.3 is 17.9 Å². The van der Waals surface area contributed by atoms with Crippen LogP contribution in [0.25, 0.3) is 0 Å². The zero-order valence-corrected chi connectivity index (χ0v) is 18.6. The van der Waals surface area contributed by atoms with E-state index < -0.39 is 78.7 Å². The first-order valence-corrected chi connectivity index (χ1v) is 10.2. The molecule has 0 bridgehead atoms. The van der Waals surface area contributed by atoms with Crippen molar-refractivity contribution in [3.63, 3.8) is 0 Å². The van der Waals surface area contributed by atoms with Crippen molar-refractivity contribution in [2.75, 3.05) is 0 Å². The summed E-state index contributed by atoms with van der Waals surface area (Å²) in [6.07, 6.45) is -3.00. The molecule has 0 spiro atoms. The number of rotatable bonds is 15. The van der Waals surface area contributed by atoms with Crippen LogP contribution < -0.4 is 21.7 Å². The predicted molar refractivity (Wildman–Crippen MR) is 112 cm³/mol. The van der Waals surface area contributed by atoms with E-state index >= 15 is 0 Å². The van der Waals surface area contributed by atoms with Gasteiger partial charge < -0.3 is 42.1 Å². The van der Waals surface area contributed by atoms with Crippen molar-refractivity contribution in [1.29, 1.82) is 0 Å². The van der Waals surface area contributed by atoms with Crippen LogP contribution in [0.2, 0.25) is 0 Å². The molecule has 14 heteroatoms. The average molecular weight is 476 g/mol. The number of hydrogen-bond acceptors (Lipinski definition) is 8. The summed E-state index contributed by atoms with van der Waals surface area (Å²) in [6, 6.07) is -5.99. The molecule has 0 aliphatic heterocycles. The first-order valence-electron chi connectivity index (χ1n) is 10.2. The smallest absolute Gasteiger partial charge is 0.326 e. The third-order valence-electron chi connectivity index (χ3n) is 4.40. The number of aliphatic hydroxyl groups is 1. The maximum Gasteiger partial charge on any atom is 0.326 e. The Morgan fingerprint density at radius 2 is 1.33 bits per heavy atom. The molecule has 0 saturated heterocycles. The summed E-state index contributed by atoms with van der Waals surface area (Å²) in [6.45, 7) is 4.58. The van der Waals surface area contributed by atoms with Gasteiger partial charge in [0.2, 0.25) is 17.7 Å². The monoisotopic (exact) mass is 476 g/mol. The van der Waals surface area contributed by atoms with Crippen molar-refractivity contribution in [2.45, 2.75) is 76.7 Å². The summed E-state index contributed by atoms with van der Waals surface area (Å²) >= 11 is 0. The van der Waals surface area contributed by atoms with Crippen LogP contribution in [0, 0.1) is 5.92 Å². The summed E-state index contributed by atoms with van der Waals surface area (Å²) in [4.78, 5) is 70.4. The molecule has 0 fully saturated rings. The molecule has 0 aromatic rings. The molecule has 188 valence electrons. The molecule has 14 nitrogen and oxygen atoms in total. The minimum atomic E-state index is -1.71. The van der Waals surface area contributed by atoms with Gasteiger partial charge in [-0.05, 0) is 25.7 Å². The first-order chi connectivity index (χ1) is 15.1. The standard InChI is InChI=1S/C19H32N4O10/c1-8(2)6-12(19(32)33)22-17(30)11(7-14(27)28)21-18(31)15(9(3)24)23-16(29)10(20)4-5-13(25)26/h8-12,15,24H,4-7,20H2,1-3H3,(H,21,31)(H,22,30)(H,23,29)(H,25,26)(H,27,28)(H,32,33). The van der Waals surface area contributed by atoms with Crippen molar-refractivity contribution in [3.05, 3.63) is 0 Å². The van der Waals surface area contributed by atoms with E-state index in [0.717, 1.165) is 6.92 Å². The zero-order valence-electron chi connectivity index (χ0n) is 18.6. The van der Waals surface area contributed by atoms with E-state index in [9.17, 15) is 39.0 Å². The third kappa shape index (κ3) is 11.8. The maximum atomic E-state index is 12.6. The average Bonchev–Trinajstić information content (AvgIpc) is 2.67. The van der Waals surface area contributed by atoms with Crippen LogP contribution in [0.3, 0.4) is 0 Å². The topological polar surface area (TPSA) is 245 Å². The van der Waals surface area contributed by atoms with Gasteiger partial charge in [0.1, 0.15) is 18.1 Å². The van der Waals surface area contributed by atoms with Gasteiger partial charge in [-0.2, -0.15) is 0 Å². The fraction of sp³-hybridized carbons (Fsp3) is 0.684. The molecule has 9 N–H and O–H groups in total. The predicted octanol–water partition coefficient (Wildman–Crippen LogP) is -2.38. The molecule has 0 heterocycles. The van der Waals surface area contributed by atoms with Gasteiger partial charge in [0.15, 0.2) is 0 Å². The number of carboxylic acids is 3. The highest BCUT2D eigenvalue weighted by atomic mass is 16.4. The minimum absolute atomic E-state index is 0.0510. The number of carbonyl (C=O) groups excluding carboxylic acids is 3. The molecule has 0 aromatic carbocycles. The van der Waals surface area contributed by atoms with Gasteiger partial charge in [-0.25, -0.2) is 4.79 Å². The van der Waals surface area contributed by atoms with Gasteiger partial charge in [0, 0.05) is 6.42 Å². The van der Waals surface area contributed by atoms with Crippen molar-refractivity contribution in [1.82, 2.24) is 16.0 Å². The number of amides is 3. The molecule has 5 atom stereocenters. The highest BCUT2D eigenvalue weighted by molar-refractivity contribution is 5.95. The Balaban J connectivity index is 5.42. The molecule has 0 saturated carbocycles. The van der Waals surface area contributed by atoms with E-state index in [4.69, 9.17) is 15.9 Å². The summed E-state index contributed by atoms with van der Waals surface area (Å²) in [5.74, 6) is -7.27. The molecule has 33 heavy (non-hydrogen) atoms. The second kappa shape index (κ2) is 14.0. The van der Waals surface area contributed by atoms with E-state index in [1.807, 2.05) is 0 Å². The van der Waals surface area contributed by atoms with Crippen molar-refractivity contribution < 1.29 is 49.2 Å². The van der Waals surface area contributed by atoms with Crippen LogP contribution in [-0.4, -0.2) is 86.3 Å². The summed E-state index contributed by atoms with van der Waals surface area (Å²) < 4.78 is 0. The van der Waals surface area contributed by atoms with Crippen LogP contribution in [0.4, 0.5) is 0 Å². The second-order valence-electron chi connectivity index (χ2n) is 7.95. The molecule has 5 unspecified atom stereocenters. The fourth-order valence-electron chi connectivity index (χ4n) is 2.69. The lowest BCUT2D eigenvalue weighted by Crippen LogP contribution is -2.60. The number of aliphatic hydroxyl groups excluding tert-OH is 1. The Morgan fingerprint density at radius 1 is 0.788 bits per heavy atom. The van der Waals surface area contributed by atoms with E-state index in [1.165, 1.54) is 0 Å². The number of carbonyl (C=O) groups is 6. The van der Waals surface area contributed by atoms with Gasteiger partial charge in [0.05, 0.1) is 18.6 Å². The molecule has 3 amide bonds. The van der Waals surface area contributed by atoms with E-state index in [1.54, 1.807) is 13.8 Å². The van der Waals surface area contributed by atoms with Crippen molar-refractivity contribution in [3.8, 4) is 0 Å². The zero-order chi connectivity index (χ0) is 25.9. The highest BCUT2D eigenvalue weighted by Crippen LogP contribution is 2.07. The molecule has 0 aliphatic rings. The summed E-state index contributed by atoms with van der Waals surface area (Å²) in [5.41, 5.74) is 5.57. The van der Waals surface area contributed by atoms with Gasteiger partial charge in [-0.1, -0.05) is 13.8 Å². The van der Waals surface area contributed by atoms with Gasteiger partial charge in [0.25, 0.3) is 0 Å². The number of hydrogen-bond donors (Lipinski definition) is 8. The molecule has 0 radical (unpaired) electrons. The van der Waals surface area contributed by atoms with Crippen LogP contribution in [-0.2, 0) is 28.8 Å². The number of carboxylic acid groups (broad SMARTS) is 3. The number of nitrogens with two attached hydrogens (primary N) is 1. The summed E-state index contributed by atoms with van der Waals surface area (Å²) in [7, 11) is 0. The maximum absolute atomic E-state index is 12.6. The van der Waals surface area contributed by atoms with Crippen LogP contribution in [0.5, 0.6) is 0 Å². The Hall–Kier alpha value is -3.26. The van der Waals surface area contributed by atoms with Gasteiger partial charge in [-0.15, -0.1) is 0 Å². The Labute approximate surface area is 189 Å². The molecular weight excluding hydrogens is 444 g/mol. The summed E-state index contributed by atoms with van der Waals surface area (Å²) in [5, 5.41) is 43.3. The lowest BCUT2D eigenvalue weighted by molar-refractivity contribution is -0.144. The minimum Gasteiger partial charge on any atom is -0.481 e. The Kier molecular flexibility index (Phi) is 12.6. The van der Waals surface area contributed by atoms with Crippen molar-refractivity contribution in [2.24, 2.45) is 11.7 Å². The largest absolute Gasteiger partial charge is 0.481 e. The quantitative estimate of drug-likeness (QED) is 0.124. The van der Waals surface area contributed by atoms with E-state index in [2.05, 4.69) is 16.0 Å². The lowest BCUT2D eigenvalue weighted by Gasteiger charge is -2.26. The second-order valence-corrected chi connectivity index (χ2v) is 7.95. The van der Waals surface area contributed by atoms with Crippen molar-refractivity contribution >= 4 is 35.6 Å². The van der Waals surface area contributed by atoms with E-state index in [-0.39, 0.29) is 18.8 Å². The van der Waals surface area contributed by atoms with Crippen LogP contribution in [0.1, 0.15) is 46.5 Å². The highest BCUT2D eigenvalue weighted by Gasteiger charge is 2.33. The first kappa shape index (κ1) is 29.7. The SMILES string of the molecule is CC(C)CC(NC(=O)C(CC(=O)O)NC(=O)C(NC(=O)C(N)CCC(=O)O)C(C)O)C(=O)O. The normalized spacial score (nSPS) is 15.5. The molecule has 0 aliphatic carbocycles. The molecule has 0 rings (SSSR count). The van der Waals surface area contributed by atoms with Crippen LogP contribution >= 0.6 is 0 Å². The molecule has 0 aromatic heterocycles. The van der Waals surface area contributed by atoms with Crippen LogP contribution in [0.15, 0.2) is 0 Å².